The molecule has 0 aromatic heterocycles. The number of Topliss-reactive ketones (excluding diaryl/α,β-unsaturated/α-hetero) is 2. The summed E-state index contributed by atoms with van der Waals surface area (Å²) in [4.78, 5) is 140. The van der Waals surface area contributed by atoms with E-state index in [9.17, 15) is 53.1 Å². The maximum Gasteiger partial charge on any atom is 0.416 e. The number of ketones is 2. The molecule has 0 saturated heterocycles. The lowest BCUT2D eigenvalue weighted by molar-refractivity contribution is -0.147. The number of phenolic OH excluding ortho intramolecular Hbond substituents is 1. The first-order chi connectivity index (χ1) is 51.3. The number of aromatic hydroxyl groups is 1. The van der Waals surface area contributed by atoms with Gasteiger partial charge in [-0.05, 0) is 167 Å². The lowest BCUT2D eigenvalue weighted by atomic mass is 9.91. The highest BCUT2D eigenvalue weighted by molar-refractivity contribution is 6.74. The molecule has 23 nitrogen and oxygen atoms in total. The van der Waals surface area contributed by atoms with E-state index in [0.717, 1.165) is 27.8 Å². The fraction of sp³-hybridized carbons (Fsp3) is 0.506. The van der Waals surface area contributed by atoms with Crippen molar-refractivity contribution in [2.75, 3.05) is 23.0 Å². The number of aryl methyl sites for hydroxylation is 3. The van der Waals surface area contributed by atoms with Gasteiger partial charge in [0, 0.05) is 31.3 Å². The molecule has 110 heavy (non-hydrogen) atoms. The molecule has 0 fully saturated rings. The Balaban J connectivity index is 0.000000306. The molecule has 0 radical (unpaired) electrons. The number of nitrogens with zero attached hydrogens (tertiary/aromatic N) is 4. The van der Waals surface area contributed by atoms with Crippen molar-refractivity contribution in [1.29, 1.82) is 0 Å². The number of ether oxygens (including phenoxy) is 4. The number of benzene rings is 4. The molecule has 596 valence electrons. The Labute approximate surface area is 651 Å². The average Bonchev–Trinajstić information content (AvgIpc) is 1.59. The van der Waals surface area contributed by atoms with Crippen molar-refractivity contribution in [2.45, 2.75) is 242 Å². The Hall–Kier alpha value is -9.31. The number of nitrogens with one attached hydrogen (secondary N) is 2. The van der Waals surface area contributed by atoms with Crippen molar-refractivity contribution in [2.24, 2.45) is 23.7 Å². The van der Waals surface area contributed by atoms with Crippen molar-refractivity contribution in [3.8, 4) is 5.75 Å². The summed E-state index contributed by atoms with van der Waals surface area (Å²) >= 11 is 0. The molecule has 3 N–H and O–H groups in total. The summed E-state index contributed by atoms with van der Waals surface area (Å²) in [6.45, 7) is 48.3. The zero-order valence-corrected chi connectivity index (χ0v) is 70.3. The van der Waals surface area contributed by atoms with E-state index < -0.39 is 95.1 Å². The third-order valence-electron chi connectivity index (χ3n) is 21.9. The van der Waals surface area contributed by atoms with E-state index in [-0.39, 0.29) is 120 Å². The molecule has 0 bridgehead atoms. The Morgan fingerprint density at radius 1 is 0.518 bits per heavy atom. The quantitative estimate of drug-likeness (QED) is 0.0206. The van der Waals surface area contributed by atoms with Gasteiger partial charge in [0.1, 0.15) is 32.2 Å². The summed E-state index contributed by atoms with van der Waals surface area (Å²) in [6, 6.07) is 18.5. The molecular weight excluding hydrogens is 1430 g/mol. The minimum atomic E-state index is -2.54. The summed E-state index contributed by atoms with van der Waals surface area (Å²) in [7, 11) is -5.02. The smallest absolute Gasteiger partial charge is 0.416 e. The lowest BCUT2D eigenvalue weighted by Gasteiger charge is -2.44. The van der Waals surface area contributed by atoms with Crippen LogP contribution in [0.5, 0.6) is 5.75 Å². The molecule has 4 aromatic carbocycles. The van der Waals surface area contributed by atoms with Crippen LogP contribution in [0.4, 0.5) is 21.0 Å². The summed E-state index contributed by atoms with van der Waals surface area (Å²) < 4.78 is 36.1. The number of esters is 2. The Kier molecular flexibility index (Phi) is 29.3. The summed E-state index contributed by atoms with van der Waals surface area (Å²) in [5.74, 6) is -4.30. The number of amides is 6. The molecular formula is C85H116N6O17Si2. The third kappa shape index (κ3) is 21.6. The van der Waals surface area contributed by atoms with Crippen molar-refractivity contribution in [3.63, 3.8) is 0 Å². The molecule has 4 aliphatic rings. The first-order valence-corrected chi connectivity index (χ1v) is 43.7. The van der Waals surface area contributed by atoms with Gasteiger partial charge in [0.25, 0.3) is 11.8 Å². The molecule has 0 spiro atoms. The van der Waals surface area contributed by atoms with Gasteiger partial charge < -0.3 is 53.3 Å². The molecule has 0 saturated carbocycles. The standard InChI is InChI=1S/C43H59N3O8Si.C42H57N3O9Si/c1-13-18-52-38(48)23-33(26(2)3)39(49)44-30(7)37(47)22-31-14-16-32(17-15-31)25-53-42(51)46-35-21-29(6)28(5)20-34(35)40(50)45-24-27(4)19-36(45)41(46)54-55(11,12)43(8,9)10;1-12-17-52-37(48)21-31(25(2)3)38(49)43-28(6)36(47)20-29-13-15-30(16-14-29)24-53-41(51)45-33-22-35(46)27(5)19-32(33)39(50)44-23-26(4)18-34(44)40(45)54-55(10,11)42(7,8)9/h13-17,20-21,24,26,30,33,36,41H,1,18-19,22-23,25H2,2-12H3,(H,44,49);12-16,19,22-23,25,28,31,34,40,46H,1,17-18,20-21,24H2,2-11H3,(H,43,49)/t30-,33-,36-,41-;28-,31-,34-,40-/m00/s1. The number of phenols is 1. The molecule has 0 aliphatic carbocycles. The molecule has 8 atom stereocenters. The van der Waals surface area contributed by atoms with Gasteiger partial charge in [-0.3, -0.25) is 38.4 Å². The Morgan fingerprint density at radius 2 is 0.855 bits per heavy atom. The van der Waals surface area contributed by atoms with Gasteiger partial charge in [-0.2, -0.15) is 0 Å². The highest BCUT2D eigenvalue weighted by Gasteiger charge is 2.53. The van der Waals surface area contributed by atoms with E-state index in [1.807, 2.05) is 79.9 Å². The molecule has 8 rings (SSSR count). The highest BCUT2D eigenvalue weighted by Crippen LogP contribution is 2.47. The van der Waals surface area contributed by atoms with Gasteiger partial charge in [0.05, 0.1) is 71.3 Å². The maximum atomic E-state index is 14.4. The maximum absolute atomic E-state index is 14.4. The van der Waals surface area contributed by atoms with Crippen molar-refractivity contribution >= 4 is 87.3 Å². The van der Waals surface area contributed by atoms with Gasteiger partial charge in [0.2, 0.25) is 11.8 Å². The minimum Gasteiger partial charge on any atom is -0.508 e. The second-order valence-electron chi connectivity index (χ2n) is 33.3. The summed E-state index contributed by atoms with van der Waals surface area (Å²) in [5.41, 5.74) is 8.54. The van der Waals surface area contributed by atoms with Crippen LogP contribution >= 0.6 is 0 Å². The summed E-state index contributed by atoms with van der Waals surface area (Å²) in [5, 5.41) is 15.9. The van der Waals surface area contributed by atoms with Crippen LogP contribution in [0.15, 0.2) is 122 Å². The number of hydrogen-bond donors (Lipinski definition) is 3. The normalized spacial score (nSPS) is 18.1. The van der Waals surface area contributed by atoms with Gasteiger partial charge >= 0.3 is 24.1 Å². The lowest BCUT2D eigenvalue weighted by Crippen LogP contribution is -2.57. The van der Waals surface area contributed by atoms with Gasteiger partial charge in [-0.15, -0.1) is 0 Å². The second-order valence-corrected chi connectivity index (χ2v) is 42.9. The second kappa shape index (κ2) is 36.7. The first kappa shape index (κ1) is 87.9. The predicted octanol–water partition coefficient (Wildman–Crippen LogP) is 15.3. The van der Waals surface area contributed by atoms with Gasteiger partial charge in [-0.25, -0.2) is 19.4 Å². The zero-order chi connectivity index (χ0) is 82.0. The number of carbonyl (C=O) groups is 10. The first-order valence-electron chi connectivity index (χ1n) is 37.9. The molecule has 0 unspecified atom stereocenters. The summed E-state index contributed by atoms with van der Waals surface area (Å²) in [6.07, 6.45) is 4.56. The van der Waals surface area contributed by atoms with Crippen LogP contribution in [0.2, 0.25) is 36.3 Å². The van der Waals surface area contributed by atoms with E-state index in [1.165, 1.54) is 23.1 Å². The number of rotatable bonds is 28. The van der Waals surface area contributed by atoms with E-state index in [4.69, 9.17) is 27.8 Å². The molecule has 4 aromatic rings. The molecule has 6 amide bonds. The Bertz CT molecular complexity index is 3920. The van der Waals surface area contributed by atoms with Crippen LogP contribution in [0.25, 0.3) is 0 Å². The topological polar surface area (TPSA) is 283 Å². The SMILES string of the molecule is C=CCOC(=O)C[C@H](C(=O)N[C@@H](C)C(=O)Cc1ccc(COC(=O)N2c3cc(C)c(C)cc3C(=O)N3C=C(C)C[C@H]3[C@@H]2O[Si](C)(C)C(C)(C)C)cc1)C(C)C.C=CCOC(=O)C[C@H](C(=O)N[C@@H](C)C(=O)Cc1ccc(COC(=O)N2c3cc(O)c(C)cc3C(=O)N3C=C(C)C[C@H]3[C@@H]2O[Si](C)(C)C(C)(C)C)cc1)C(C)C. The van der Waals surface area contributed by atoms with E-state index in [1.54, 1.807) is 90.1 Å². The monoisotopic (exact) mass is 1550 g/mol. The number of carbonyl (C=O) groups excluding carboxylic acids is 10. The largest absolute Gasteiger partial charge is 0.508 e. The average molecular weight is 1550 g/mol. The molecule has 4 heterocycles. The van der Waals surface area contributed by atoms with E-state index >= 15 is 0 Å². The van der Waals surface area contributed by atoms with Crippen molar-refractivity contribution in [1.82, 2.24) is 20.4 Å². The fourth-order valence-corrected chi connectivity index (χ4v) is 15.2. The van der Waals surface area contributed by atoms with Crippen LogP contribution in [-0.4, -0.2) is 141 Å². The zero-order valence-electron chi connectivity index (χ0n) is 68.3. The number of anilines is 2. The van der Waals surface area contributed by atoms with Crippen LogP contribution in [0, 0.1) is 44.4 Å². The van der Waals surface area contributed by atoms with Gasteiger partial charge in [0.15, 0.2) is 40.7 Å². The van der Waals surface area contributed by atoms with E-state index in [2.05, 4.69) is 91.5 Å². The predicted molar refractivity (Wildman–Crippen MR) is 429 cm³/mol. The molecule has 4 aliphatic heterocycles. The van der Waals surface area contributed by atoms with Gasteiger partial charge in [-0.1, -0.05) is 154 Å². The van der Waals surface area contributed by atoms with Crippen LogP contribution < -0.4 is 20.4 Å². The van der Waals surface area contributed by atoms with Crippen molar-refractivity contribution < 1.29 is 80.9 Å². The van der Waals surface area contributed by atoms with Crippen LogP contribution in [-0.2, 0) is 82.6 Å². The highest BCUT2D eigenvalue weighted by atomic mass is 28.4. The fourth-order valence-electron chi connectivity index (χ4n) is 12.8. The number of fused-ring (bicyclic) bond motifs is 4. The third-order valence-corrected chi connectivity index (χ3v) is 30.8. The van der Waals surface area contributed by atoms with E-state index in [0.29, 0.717) is 46.3 Å². The van der Waals surface area contributed by atoms with Crippen LogP contribution in [0.1, 0.15) is 182 Å². The van der Waals surface area contributed by atoms with Crippen molar-refractivity contribution in [3.05, 3.63) is 172 Å². The molecule has 25 heteroatoms. The minimum absolute atomic E-state index is 0.0472. The van der Waals surface area contributed by atoms with Crippen LogP contribution in [0.3, 0.4) is 0 Å². The Morgan fingerprint density at radius 3 is 1.20 bits per heavy atom. The number of hydrogen-bond acceptors (Lipinski definition) is 17.